The average molecular weight is 359 g/mol. The van der Waals surface area contributed by atoms with Gasteiger partial charge in [0.25, 0.3) is 5.91 Å². The summed E-state index contributed by atoms with van der Waals surface area (Å²) < 4.78 is 15.4. The Kier molecular flexibility index (Phi) is 6.78. The normalized spacial score (nSPS) is 11.0. The molecule has 2 rings (SSSR count). The van der Waals surface area contributed by atoms with Crippen molar-refractivity contribution in [1.82, 2.24) is 10.7 Å². The number of carbonyl (C=O) groups excluding carboxylic acids is 2. The quantitative estimate of drug-likeness (QED) is 0.555. The zero-order valence-electron chi connectivity index (χ0n) is 14.9. The van der Waals surface area contributed by atoms with Crippen molar-refractivity contribution in [2.45, 2.75) is 19.9 Å². The number of carbonyl (C=O) groups is 2. The van der Waals surface area contributed by atoms with E-state index in [0.717, 1.165) is 0 Å². The zero-order valence-corrected chi connectivity index (χ0v) is 14.9. The Morgan fingerprint density at radius 3 is 2.58 bits per heavy atom. The Balaban J connectivity index is 1.87. The van der Waals surface area contributed by atoms with Crippen molar-refractivity contribution in [2.24, 2.45) is 5.10 Å². The van der Waals surface area contributed by atoms with Gasteiger partial charge < -0.3 is 19.2 Å². The minimum atomic E-state index is -0.415. The van der Waals surface area contributed by atoms with E-state index < -0.39 is 5.91 Å². The van der Waals surface area contributed by atoms with E-state index in [2.05, 4.69) is 15.8 Å². The van der Waals surface area contributed by atoms with E-state index in [1.807, 2.05) is 0 Å². The van der Waals surface area contributed by atoms with Gasteiger partial charge in [0.05, 0.1) is 33.4 Å². The molecule has 138 valence electrons. The Hall–Kier alpha value is -3.29. The summed E-state index contributed by atoms with van der Waals surface area (Å²) in [5, 5.41) is 6.65. The molecule has 2 amide bonds. The van der Waals surface area contributed by atoms with Gasteiger partial charge in [0, 0.05) is 11.3 Å². The summed E-state index contributed by atoms with van der Waals surface area (Å²) in [5.41, 5.74) is 3.25. The first-order chi connectivity index (χ1) is 12.5. The van der Waals surface area contributed by atoms with Gasteiger partial charge in [-0.2, -0.15) is 5.10 Å². The van der Waals surface area contributed by atoms with Gasteiger partial charge in [-0.05, 0) is 37.3 Å². The summed E-state index contributed by atoms with van der Waals surface area (Å²) in [5.74, 6) is 0.995. The molecular formula is C18H21N3O5. The molecule has 0 aliphatic rings. The van der Waals surface area contributed by atoms with E-state index in [1.54, 1.807) is 37.3 Å². The van der Waals surface area contributed by atoms with Crippen LogP contribution in [0.3, 0.4) is 0 Å². The first-order valence-electron chi connectivity index (χ1n) is 7.88. The monoisotopic (exact) mass is 359 g/mol. The number of benzene rings is 1. The average Bonchev–Trinajstić information content (AvgIpc) is 3.17. The lowest BCUT2D eigenvalue weighted by molar-refractivity contribution is -0.120. The van der Waals surface area contributed by atoms with Crippen LogP contribution in [0.1, 0.15) is 29.5 Å². The number of nitrogens with zero attached hydrogens (tertiary/aromatic N) is 1. The minimum absolute atomic E-state index is 0.0624. The maximum Gasteiger partial charge on any atom is 0.271 e. The third-order valence-corrected chi connectivity index (χ3v) is 3.45. The zero-order chi connectivity index (χ0) is 18.9. The van der Waals surface area contributed by atoms with Gasteiger partial charge in [0.1, 0.15) is 5.76 Å². The van der Waals surface area contributed by atoms with Crippen LogP contribution in [-0.2, 0) is 11.3 Å². The molecule has 0 aliphatic heterocycles. The van der Waals surface area contributed by atoms with Gasteiger partial charge in [0.2, 0.25) is 5.91 Å². The molecule has 8 heteroatoms. The molecule has 2 aromatic rings. The van der Waals surface area contributed by atoms with E-state index in [0.29, 0.717) is 35.1 Å². The van der Waals surface area contributed by atoms with Crippen LogP contribution < -0.4 is 20.2 Å². The van der Waals surface area contributed by atoms with Gasteiger partial charge in [0.15, 0.2) is 11.5 Å². The first-order valence-corrected chi connectivity index (χ1v) is 7.88. The molecule has 1 aromatic carbocycles. The Bertz CT molecular complexity index is 784. The molecule has 0 unspecified atom stereocenters. The number of hydrogen-bond acceptors (Lipinski definition) is 6. The Morgan fingerprint density at radius 1 is 1.15 bits per heavy atom. The molecule has 0 saturated heterocycles. The van der Waals surface area contributed by atoms with E-state index in [9.17, 15) is 9.59 Å². The third kappa shape index (κ3) is 5.37. The van der Waals surface area contributed by atoms with Gasteiger partial charge in [-0.25, -0.2) is 5.43 Å². The molecule has 0 fully saturated rings. The van der Waals surface area contributed by atoms with Crippen molar-refractivity contribution in [3.63, 3.8) is 0 Å². The summed E-state index contributed by atoms with van der Waals surface area (Å²) in [6.45, 7) is 1.96. The summed E-state index contributed by atoms with van der Waals surface area (Å²) in [4.78, 5) is 24.0. The van der Waals surface area contributed by atoms with Crippen LogP contribution in [0, 0.1) is 0 Å². The fourth-order valence-corrected chi connectivity index (χ4v) is 2.12. The summed E-state index contributed by atoms with van der Waals surface area (Å²) in [6, 6.07) is 8.29. The summed E-state index contributed by atoms with van der Waals surface area (Å²) in [7, 11) is 3.01. The van der Waals surface area contributed by atoms with E-state index in [4.69, 9.17) is 13.9 Å². The first kappa shape index (κ1) is 19.0. The van der Waals surface area contributed by atoms with Crippen LogP contribution in [0.15, 0.2) is 46.1 Å². The smallest absolute Gasteiger partial charge is 0.271 e. The molecule has 0 saturated carbocycles. The van der Waals surface area contributed by atoms with E-state index in [1.165, 1.54) is 20.5 Å². The van der Waals surface area contributed by atoms with Crippen molar-refractivity contribution in [2.75, 3.05) is 14.2 Å². The molecule has 8 nitrogen and oxygen atoms in total. The molecule has 26 heavy (non-hydrogen) atoms. The number of ether oxygens (including phenoxy) is 2. The van der Waals surface area contributed by atoms with Crippen molar-refractivity contribution >= 4 is 17.5 Å². The predicted octanol–water partition coefficient (Wildman–Crippen LogP) is 2.11. The highest BCUT2D eigenvalue weighted by molar-refractivity contribution is 6.01. The lowest BCUT2D eigenvalue weighted by atomic mass is 10.2. The largest absolute Gasteiger partial charge is 0.493 e. The topological polar surface area (TPSA) is 102 Å². The van der Waals surface area contributed by atoms with Crippen molar-refractivity contribution in [3.8, 4) is 11.5 Å². The number of hydrogen-bond donors (Lipinski definition) is 2. The molecule has 0 bridgehead atoms. The highest BCUT2D eigenvalue weighted by Gasteiger charge is 2.11. The molecule has 1 heterocycles. The Labute approximate surface area is 151 Å². The second-order valence-electron chi connectivity index (χ2n) is 5.39. The maximum absolute atomic E-state index is 12.2. The van der Waals surface area contributed by atoms with Crippen LogP contribution in [0.4, 0.5) is 0 Å². The summed E-state index contributed by atoms with van der Waals surface area (Å²) >= 11 is 0. The fourth-order valence-electron chi connectivity index (χ4n) is 2.12. The SMILES string of the molecule is COc1ccc(C(=O)N/N=C(/C)CC(=O)NCc2ccco2)cc1OC. The van der Waals surface area contributed by atoms with Gasteiger partial charge in [-0.1, -0.05) is 0 Å². The third-order valence-electron chi connectivity index (χ3n) is 3.45. The number of hydrazone groups is 1. The van der Waals surface area contributed by atoms with Crippen molar-refractivity contribution in [1.29, 1.82) is 0 Å². The standard InChI is InChI=1S/C18H21N3O5/c1-12(9-17(22)19-11-14-5-4-8-26-14)20-21-18(23)13-6-7-15(24-2)16(10-13)25-3/h4-8,10H,9,11H2,1-3H3,(H,19,22)(H,21,23)/b20-12-. The second-order valence-corrected chi connectivity index (χ2v) is 5.39. The number of methoxy groups -OCH3 is 2. The molecule has 1 aromatic heterocycles. The van der Waals surface area contributed by atoms with Crippen LogP contribution in [0.25, 0.3) is 0 Å². The Morgan fingerprint density at radius 2 is 1.92 bits per heavy atom. The highest BCUT2D eigenvalue weighted by atomic mass is 16.5. The second kappa shape index (κ2) is 9.26. The van der Waals surface area contributed by atoms with Crippen LogP contribution in [0.5, 0.6) is 11.5 Å². The molecule has 0 radical (unpaired) electrons. The minimum Gasteiger partial charge on any atom is -0.493 e. The molecule has 0 atom stereocenters. The molecule has 0 aliphatic carbocycles. The number of furan rings is 1. The number of amides is 2. The lowest BCUT2D eigenvalue weighted by Crippen LogP contribution is -2.26. The van der Waals surface area contributed by atoms with Crippen molar-refractivity contribution < 1.29 is 23.5 Å². The number of nitrogens with one attached hydrogen (secondary N) is 2. The van der Waals surface area contributed by atoms with E-state index in [-0.39, 0.29) is 12.3 Å². The number of rotatable bonds is 8. The molecule has 0 spiro atoms. The fraction of sp³-hybridized carbons (Fsp3) is 0.278. The predicted molar refractivity (Wildman–Crippen MR) is 95.3 cm³/mol. The lowest BCUT2D eigenvalue weighted by Gasteiger charge is -2.09. The van der Waals surface area contributed by atoms with Crippen LogP contribution in [-0.4, -0.2) is 31.7 Å². The van der Waals surface area contributed by atoms with Gasteiger partial charge >= 0.3 is 0 Å². The van der Waals surface area contributed by atoms with Crippen LogP contribution in [0.2, 0.25) is 0 Å². The summed E-state index contributed by atoms with van der Waals surface area (Å²) in [6.07, 6.45) is 1.60. The van der Waals surface area contributed by atoms with Gasteiger partial charge in [-0.3, -0.25) is 9.59 Å². The van der Waals surface area contributed by atoms with Crippen LogP contribution >= 0.6 is 0 Å². The molecular weight excluding hydrogens is 338 g/mol. The molecule has 2 N–H and O–H groups in total. The van der Waals surface area contributed by atoms with Gasteiger partial charge in [-0.15, -0.1) is 0 Å². The maximum atomic E-state index is 12.2. The highest BCUT2D eigenvalue weighted by Crippen LogP contribution is 2.27. The van der Waals surface area contributed by atoms with E-state index >= 15 is 0 Å². The van der Waals surface area contributed by atoms with Crippen molar-refractivity contribution in [3.05, 3.63) is 47.9 Å².